The molecule has 0 radical (unpaired) electrons. The zero-order valence-electron chi connectivity index (χ0n) is 16.9. The van der Waals surface area contributed by atoms with Crippen LogP contribution in [0.2, 0.25) is 5.02 Å². The van der Waals surface area contributed by atoms with Gasteiger partial charge in [0, 0.05) is 10.6 Å². The number of hydrogen-bond acceptors (Lipinski definition) is 7. The Morgan fingerprint density at radius 2 is 1.84 bits per heavy atom. The molecule has 0 saturated heterocycles. The molecular formula is C22H19ClN4O3S. The highest BCUT2D eigenvalue weighted by molar-refractivity contribution is 8.00. The molecule has 0 bridgehead atoms. The molecule has 0 fully saturated rings. The van der Waals surface area contributed by atoms with Crippen molar-refractivity contribution in [3.05, 3.63) is 76.9 Å². The van der Waals surface area contributed by atoms with Crippen LogP contribution in [0.25, 0.3) is 17.1 Å². The summed E-state index contributed by atoms with van der Waals surface area (Å²) in [4.78, 5) is 13.2. The summed E-state index contributed by atoms with van der Waals surface area (Å²) in [7, 11) is 0. The van der Waals surface area contributed by atoms with Crippen molar-refractivity contribution >= 4 is 29.3 Å². The first-order chi connectivity index (χ1) is 15.0. The van der Waals surface area contributed by atoms with Gasteiger partial charge in [0.1, 0.15) is 0 Å². The van der Waals surface area contributed by atoms with E-state index in [0.29, 0.717) is 10.9 Å². The van der Waals surface area contributed by atoms with Gasteiger partial charge in [-0.05, 0) is 50.2 Å². The number of hydrogen-bond donors (Lipinski definition) is 0. The topological polar surface area (TPSA) is 83.0 Å². The summed E-state index contributed by atoms with van der Waals surface area (Å²) >= 11 is 7.28. The van der Waals surface area contributed by atoms with Crippen molar-refractivity contribution in [1.82, 2.24) is 20.0 Å². The Bertz CT molecular complexity index is 1190. The van der Waals surface area contributed by atoms with Gasteiger partial charge in [0.05, 0.1) is 27.7 Å². The van der Waals surface area contributed by atoms with Gasteiger partial charge in [-0.2, -0.15) is 5.10 Å². The highest BCUT2D eigenvalue weighted by atomic mass is 35.5. The van der Waals surface area contributed by atoms with Gasteiger partial charge in [-0.3, -0.25) is 4.79 Å². The number of benzene rings is 2. The van der Waals surface area contributed by atoms with E-state index in [1.54, 1.807) is 24.3 Å². The second-order valence-electron chi connectivity index (χ2n) is 6.70. The molecule has 31 heavy (non-hydrogen) atoms. The van der Waals surface area contributed by atoms with Crippen LogP contribution in [0.4, 0.5) is 0 Å². The van der Waals surface area contributed by atoms with Gasteiger partial charge in [0.15, 0.2) is 6.61 Å². The quantitative estimate of drug-likeness (QED) is 0.286. The number of halogens is 1. The molecule has 0 N–H and O–H groups in total. The van der Waals surface area contributed by atoms with Crippen LogP contribution in [-0.4, -0.2) is 31.7 Å². The van der Waals surface area contributed by atoms with Crippen molar-refractivity contribution < 1.29 is 13.9 Å². The maximum Gasteiger partial charge on any atom is 0.316 e. The summed E-state index contributed by atoms with van der Waals surface area (Å²) in [6, 6.07) is 16.9. The van der Waals surface area contributed by atoms with Crippen molar-refractivity contribution in [1.29, 1.82) is 0 Å². The molecule has 2 aromatic heterocycles. The SMILES string of the molecule is Cc1nn(-c2ccccc2)c(C)c1SCC(=O)OCc1nnc(-c2ccc(Cl)cc2)o1. The number of ether oxygens (including phenoxy) is 1. The third kappa shape index (κ3) is 4.98. The lowest BCUT2D eigenvalue weighted by Gasteiger charge is -2.05. The fourth-order valence-electron chi connectivity index (χ4n) is 2.99. The summed E-state index contributed by atoms with van der Waals surface area (Å²) in [6.45, 7) is 3.83. The van der Waals surface area contributed by atoms with Gasteiger partial charge >= 0.3 is 5.97 Å². The Morgan fingerprint density at radius 3 is 2.58 bits per heavy atom. The van der Waals surface area contributed by atoms with Crippen molar-refractivity contribution in [2.45, 2.75) is 25.3 Å². The van der Waals surface area contributed by atoms with E-state index < -0.39 is 0 Å². The van der Waals surface area contributed by atoms with Gasteiger partial charge in [-0.15, -0.1) is 22.0 Å². The summed E-state index contributed by atoms with van der Waals surface area (Å²) in [5.74, 6) is 0.354. The zero-order valence-corrected chi connectivity index (χ0v) is 18.5. The van der Waals surface area contributed by atoms with Crippen molar-refractivity contribution in [2.24, 2.45) is 0 Å². The van der Waals surface area contributed by atoms with E-state index in [9.17, 15) is 4.79 Å². The van der Waals surface area contributed by atoms with Crippen LogP contribution in [-0.2, 0) is 16.1 Å². The minimum Gasteiger partial charge on any atom is -0.455 e. The van der Waals surface area contributed by atoms with Gasteiger partial charge in [-0.25, -0.2) is 4.68 Å². The number of aryl methyl sites for hydroxylation is 1. The third-order valence-electron chi connectivity index (χ3n) is 4.47. The molecule has 4 rings (SSSR count). The molecular weight excluding hydrogens is 436 g/mol. The van der Waals surface area contributed by atoms with Crippen molar-refractivity contribution in [2.75, 3.05) is 5.75 Å². The van der Waals surface area contributed by atoms with Crippen LogP contribution < -0.4 is 0 Å². The average molecular weight is 455 g/mol. The fourth-order valence-corrected chi connectivity index (χ4v) is 4.01. The number of esters is 1. The summed E-state index contributed by atoms with van der Waals surface area (Å²) in [5, 5.41) is 13.1. The molecule has 0 aliphatic rings. The van der Waals surface area contributed by atoms with Crippen LogP contribution in [0.15, 0.2) is 63.9 Å². The maximum atomic E-state index is 12.2. The average Bonchev–Trinajstić information content (AvgIpc) is 3.36. The standard InChI is InChI=1S/C22H19ClN4O3S/c1-14-21(15(2)27(26-14)18-6-4-3-5-7-18)31-13-20(28)29-12-19-24-25-22(30-19)16-8-10-17(23)11-9-16/h3-11H,12-13H2,1-2H3. The normalized spacial score (nSPS) is 10.9. The minimum absolute atomic E-state index is 0.0821. The van der Waals surface area contributed by atoms with Gasteiger partial charge < -0.3 is 9.15 Å². The number of aromatic nitrogens is 4. The van der Waals surface area contributed by atoms with E-state index in [2.05, 4.69) is 15.3 Å². The lowest BCUT2D eigenvalue weighted by molar-refractivity contribution is -0.142. The fraction of sp³-hybridized carbons (Fsp3) is 0.182. The van der Waals surface area contributed by atoms with E-state index in [4.69, 9.17) is 20.8 Å². The number of nitrogens with zero attached hydrogens (tertiary/aromatic N) is 4. The predicted molar refractivity (Wildman–Crippen MR) is 118 cm³/mol. The Hall–Kier alpha value is -3.10. The zero-order chi connectivity index (χ0) is 21.8. The lowest BCUT2D eigenvalue weighted by atomic mass is 10.2. The van der Waals surface area contributed by atoms with E-state index in [1.165, 1.54) is 11.8 Å². The Balaban J connectivity index is 1.33. The number of carbonyl (C=O) groups excluding carboxylic acids is 1. The van der Waals surface area contributed by atoms with Crippen LogP contribution >= 0.6 is 23.4 Å². The summed E-state index contributed by atoms with van der Waals surface area (Å²) < 4.78 is 12.7. The van der Waals surface area contributed by atoms with Crippen molar-refractivity contribution in [3.8, 4) is 17.1 Å². The summed E-state index contributed by atoms with van der Waals surface area (Å²) in [5.41, 5.74) is 3.56. The number of rotatable bonds is 7. The van der Waals surface area contributed by atoms with E-state index in [1.807, 2.05) is 48.9 Å². The van der Waals surface area contributed by atoms with Crippen LogP contribution in [0, 0.1) is 13.8 Å². The van der Waals surface area contributed by atoms with Gasteiger partial charge in [0.2, 0.25) is 5.89 Å². The molecule has 158 valence electrons. The third-order valence-corrected chi connectivity index (χ3v) is 5.99. The number of para-hydroxylation sites is 1. The molecule has 0 atom stereocenters. The molecule has 4 aromatic rings. The molecule has 7 nitrogen and oxygen atoms in total. The summed E-state index contributed by atoms with van der Waals surface area (Å²) in [6.07, 6.45) is 0. The molecule has 2 heterocycles. The first kappa shape index (κ1) is 21.1. The first-order valence-electron chi connectivity index (χ1n) is 9.49. The Morgan fingerprint density at radius 1 is 1.10 bits per heavy atom. The van der Waals surface area contributed by atoms with Crippen molar-refractivity contribution in [3.63, 3.8) is 0 Å². The van der Waals surface area contributed by atoms with E-state index >= 15 is 0 Å². The molecule has 0 amide bonds. The molecule has 0 aliphatic carbocycles. The highest BCUT2D eigenvalue weighted by Gasteiger charge is 2.16. The molecule has 9 heteroatoms. The molecule has 0 spiro atoms. The monoisotopic (exact) mass is 454 g/mol. The smallest absolute Gasteiger partial charge is 0.316 e. The lowest BCUT2D eigenvalue weighted by Crippen LogP contribution is -2.07. The predicted octanol–water partition coefficient (Wildman–Crippen LogP) is 5.03. The van der Waals surface area contributed by atoms with E-state index in [0.717, 1.165) is 27.5 Å². The maximum absolute atomic E-state index is 12.2. The molecule has 2 aromatic carbocycles. The first-order valence-corrected chi connectivity index (χ1v) is 10.9. The Kier molecular flexibility index (Phi) is 6.39. The second-order valence-corrected chi connectivity index (χ2v) is 8.13. The number of carbonyl (C=O) groups is 1. The van der Waals surface area contributed by atoms with Crippen LogP contribution in [0.5, 0.6) is 0 Å². The molecule has 0 unspecified atom stereocenters. The van der Waals surface area contributed by atoms with E-state index in [-0.39, 0.29) is 24.2 Å². The number of thioether (sulfide) groups is 1. The largest absolute Gasteiger partial charge is 0.455 e. The minimum atomic E-state index is -0.373. The molecule has 0 saturated carbocycles. The Labute approximate surface area is 188 Å². The van der Waals surface area contributed by atoms with Crippen LogP contribution in [0.3, 0.4) is 0 Å². The second kappa shape index (κ2) is 9.36. The van der Waals surface area contributed by atoms with Gasteiger partial charge in [-0.1, -0.05) is 29.8 Å². The van der Waals surface area contributed by atoms with Crippen LogP contribution in [0.1, 0.15) is 17.3 Å². The highest BCUT2D eigenvalue weighted by Crippen LogP contribution is 2.28. The molecule has 0 aliphatic heterocycles. The van der Waals surface area contributed by atoms with Gasteiger partial charge in [0.25, 0.3) is 5.89 Å².